The molecule has 0 aliphatic rings. The minimum atomic E-state index is -0.155. The van der Waals surface area contributed by atoms with Crippen molar-refractivity contribution in [2.24, 2.45) is 0 Å². The summed E-state index contributed by atoms with van der Waals surface area (Å²) in [5, 5.41) is 2.97. The lowest BCUT2D eigenvalue weighted by Gasteiger charge is -2.08. The number of carbonyl (C=O) groups is 1. The molecule has 27 heavy (non-hydrogen) atoms. The van der Waals surface area contributed by atoms with Gasteiger partial charge in [-0.15, -0.1) is 0 Å². The summed E-state index contributed by atoms with van der Waals surface area (Å²) in [6, 6.07) is 20.1. The summed E-state index contributed by atoms with van der Waals surface area (Å²) >= 11 is 0. The molecule has 0 unspecified atom stereocenters. The minimum Gasteiger partial charge on any atom is -0.322 e. The largest absolute Gasteiger partial charge is 0.322 e. The lowest BCUT2D eigenvalue weighted by Crippen LogP contribution is -2.12. The molecule has 1 amide bonds. The molecule has 2 heterocycles. The summed E-state index contributed by atoms with van der Waals surface area (Å²) in [4.78, 5) is 17.3. The molecule has 0 saturated heterocycles. The summed E-state index contributed by atoms with van der Waals surface area (Å²) in [7, 11) is 0. The number of carbonyl (C=O) groups excluding carboxylic acids is 1. The first-order valence-corrected chi connectivity index (χ1v) is 8.95. The van der Waals surface area contributed by atoms with Gasteiger partial charge < -0.3 is 9.72 Å². The van der Waals surface area contributed by atoms with Crippen LogP contribution in [0.3, 0.4) is 0 Å². The average Bonchev–Trinajstić information content (AvgIpc) is 3.07. The molecule has 4 aromatic rings. The van der Waals surface area contributed by atoms with Crippen molar-refractivity contribution >= 4 is 17.2 Å². The number of fused-ring (bicyclic) bond motifs is 1. The van der Waals surface area contributed by atoms with Crippen LogP contribution in [-0.2, 0) is 0 Å². The molecule has 0 aliphatic heterocycles. The number of rotatable bonds is 3. The molecule has 2 aromatic heterocycles. The Bertz CT molecular complexity index is 1120. The van der Waals surface area contributed by atoms with Crippen molar-refractivity contribution < 1.29 is 4.79 Å². The van der Waals surface area contributed by atoms with Crippen LogP contribution in [0.15, 0.2) is 66.9 Å². The zero-order chi connectivity index (χ0) is 19.0. The van der Waals surface area contributed by atoms with Crippen LogP contribution in [0, 0.1) is 20.8 Å². The second-order valence-corrected chi connectivity index (χ2v) is 6.86. The van der Waals surface area contributed by atoms with Gasteiger partial charge in [0, 0.05) is 23.3 Å². The maximum atomic E-state index is 12.7. The fourth-order valence-electron chi connectivity index (χ4n) is 3.26. The number of aryl methyl sites for hydroxylation is 3. The molecular weight excluding hydrogens is 334 g/mol. The van der Waals surface area contributed by atoms with E-state index < -0.39 is 0 Å². The Labute approximate surface area is 158 Å². The highest BCUT2D eigenvalue weighted by molar-refractivity contribution is 6.08. The van der Waals surface area contributed by atoms with Crippen LogP contribution < -0.4 is 5.32 Å². The third-order valence-electron chi connectivity index (χ3n) is 4.71. The number of amides is 1. The highest BCUT2D eigenvalue weighted by Gasteiger charge is 2.14. The van der Waals surface area contributed by atoms with Crippen LogP contribution in [-0.4, -0.2) is 15.3 Å². The average molecular weight is 355 g/mol. The second-order valence-electron chi connectivity index (χ2n) is 6.86. The molecule has 4 rings (SSSR count). The SMILES string of the molecule is Cc1ccc(-c2ccc(NC(=O)c3ccn4c(C)cc(C)nc34)cc2)cc1. The summed E-state index contributed by atoms with van der Waals surface area (Å²) in [6.45, 7) is 6.02. The van der Waals surface area contributed by atoms with Crippen LogP contribution >= 0.6 is 0 Å². The molecule has 0 aliphatic carbocycles. The maximum Gasteiger partial charge on any atom is 0.259 e. The van der Waals surface area contributed by atoms with Gasteiger partial charge >= 0.3 is 0 Å². The van der Waals surface area contributed by atoms with Gasteiger partial charge in [-0.25, -0.2) is 4.98 Å². The molecule has 4 nitrogen and oxygen atoms in total. The van der Waals surface area contributed by atoms with Crippen LogP contribution in [0.5, 0.6) is 0 Å². The molecule has 0 radical (unpaired) electrons. The Hall–Kier alpha value is -3.40. The number of nitrogens with zero attached hydrogens (tertiary/aromatic N) is 2. The standard InChI is InChI=1S/C23H21N3O/c1-15-4-6-18(7-5-15)19-8-10-20(11-9-19)25-23(27)21-12-13-26-17(3)14-16(2)24-22(21)26/h4-14H,1-3H3,(H,25,27). The predicted molar refractivity (Wildman–Crippen MR) is 109 cm³/mol. The fourth-order valence-corrected chi connectivity index (χ4v) is 3.26. The Balaban J connectivity index is 1.57. The fraction of sp³-hybridized carbons (Fsp3) is 0.130. The van der Waals surface area contributed by atoms with Gasteiger partial charge in [-0.1, -0.05) is 42.0 Å². The predicted octanol–water partition coefficient (Wildman–Crippen LogP) is 5.18. The molecule has 4 heteroatoms. The lowest BCUT2D eigenvalue weighted by molar-refractivity contribution is 0.102. The van der Waals surface area contributed by atoms with E-state index in [9.17, 15) is 4.79 Å². The van der Waals surface area contributed by atoms with Crippen LogP contribution in [0.4, 0.5) is 5.69 Å². The molecule has 0 bridgehead atoms. The summed E-state index contributed by atoms with van der Waals surface area (Å²) < 4.78 is 1.93. The zero-order valence-electron chi connectivity index (χ0n) is 15.7. The van der Waals surface area contributed by atoms with E-state index in [1.54, 1.807) is 0 Å². The molecule has 1 N–H and O–H groups in total. The number of aromatic nitrogens is 2. The van der Waals surface area contributed by atoms with Crippen molar-refractivity contribution in [3.63, 3.8) is 0 Å². The molecule has 0 saturated carbocycles. The normalized spacial score (nSPS) is 10.9. The lowest BCUT2D eigenvalue weighted by atomic mass is 10.0. The second kappa shape index (κ2) is 6.72. The Morgan fingerprint density at radius 2 is 1.52 bits per heavy atom. The van der Waals surface area contributed by atoms with Gasteiger partial charge in [-0.05, 0) is 56.2 Å². The van der Waals surface area contributed by atoms with Gasteiger partial charge in [-0.2, -0.15) is 0 Å². The first kappa shape index (κ1) is 17.0. The van der Waals surface area contributed by atoms with Crippen LogP contribution in [0.25, 0.3) is 16.8 Å². The molecular formula is C23H21N3O. The van der Waals surface area contributed by atoms with E-state index in [2.05, 4.69) is 41.5 Å². The van der Waals surface area contributed by atoms with E-state index in [-0.39, 0.29) is 5.91 Å². The quantitative estimate of drug-likeness (QED) is 0.550. The molecule has 0 fully saturated rings. The molecule has 0 spiro atoms. The Morgan fingerprint density at radius 3 is 2.19 bits per heavy atom. The van der Waals surface area contributed by atoms with Gasteiger partial charge in [0.25, 0.3) is 5.91 Å². The number of hydrogen-bond donors (Lipinski definition) is 1. The third-order valence-corrected chi connectivity index (χ3v) is 4.71. The van der Waals surface area contributed by atoms with E-state index in [1.807, 2.05) is 60.8 Å². The van der Waals surface area contributed by atoms with Crippen molar-refractivity contribution in [1.82, 2.24) is 9.38 Å². The van der Waals surface area contributed by atoms with E-state index in [1.165, 1.54) is 5.56 Å². The number of anilines is 1. The number of hydrogen-bond acceptors (Lipinski definition) is 2. The van der Waals surface area contributed by atoms with Gasteiger partial charge in [-0.3, -0.25) is 4.79 Å². The van der Waals surface area contributed by atoms with Crippen LogP contribution in [0.1, 0.15) is 27.3 Å². The van der Waals surface area contributed by atoms with Crippen molar-refractivity contribution in [1.29, 1.82) is 0 Å². The molecule has 0 atom stereocenters. The van der Waals surface area contributed by atoms with Crippen molar-refractivity contribution in [2.75, 3.05) is 5.32 Å². The maximum absolute atomic E-state index is 12.7. The van der Waals surface area contributed by atoms with Gasteiger partial charge in [0.15, 0.2) is 0 Å². The summed E-state index contributed by atoms with van der Waals surface area (Å²) in [5.41, 5.74) is 7.49. The van der Waals surface area contributed by atoms with E-state index in [0.717, 1.165) is 28.2 Å². The summed E-state index contributed by atoms with van der Waals surface area (Å²) in [6.07, 6.45) is 1.88. The van der Waals surface area contributed by atoms with Crippen molar-refractivity contribution in [3.05, 3.63) is 89.4 Å². The number of benzene rings is 2. The topological polar surface area (TPSA) is 46.4 Å². The summed E-state index contributed by atoms with van der Waals surface area (Å²) in [5.74, 6) is -0.155. The minimum absolute atomic E-state index is 0.155. The van der Waals surface area contributed by atoms with E-state index >= 15 is 0 Å². The van der Waals surface area contributed by atoms with E-state index in [4.69, 9.17) is 0 Å². The van der Waals surface area contributed by atoms with Gasteiger partial charge in [0.2, 0.25) is 0 Å². The Morgan fingerprint density at radius 1 is 0.889 bits per heavy atom. The van der Waals surface area contributed by atoms with Crippen LogP contribution in [0.2, 0.25) is 0 Å². The smallest absolute Gasteiger partial charge is 0.259 e. The van der Waals surface area contributed by atoms with Gasteiger partial charge in [0.1, 0.15) is 5.65 Å². The van der Waals surface area contributed by atoms with Crippen molar-refractivity contribution in [2.45, 2.75) is 20.8 Å². The Kier molecular flexibility index (Phi) is 4.24. The zero-order valence-corrected chi connectivity index (χ0v) is 15.7. The first-order valence-electron chi connectivity index (χ1n) is 8.95. The third kappa shape index (κ3) is 3.34. The molecule has 2 aromatic carbocycles. The highest BCUT2D eigenvalue weighted by Crippen LogP contribution is 2.23. The molecule has 134 valence electrons. The highest BCUT2D eigenvalue weighted by atomic mass is 16.1. The first-order chi connectivity index (χ1) is 13.0. The number of nitrogens with one attached hydrogen (secondary N) is 1. The van der Waals surface area contributed by atoms with Gasteiger partial charge in [0.05, 0.1) is 5.56 Å². The van der Waals surface area contributed by atoms with E-state index in [0.29, 0.717) is 11.2 Å². The van der Waals surface area contributed by atoms with Crippen molar-refractivity contribution in [3.8, 4) is 11.1 Å². The monoisotopic (exact) mass is 355 g/mol.